The van der Waals surface area contributed by atoms with Crippen LogP contribution < -0.4 is 4.74 Å². The molecule has 3 aliphatic rings. The predicted octanol–water partition coefficient (Wildman–Crippen LogP) is 5.94. The van der Waals surface area contributed by atoms with Crippen molar-refractivity contribution in [2.24, 2.45) is 16.4 Å². The monoisotopic (exact) mass is 372 g/mol. The van der Waals surface area contributed by atoms with Gasteiger partial charge in [-0.1, -0.05) is 81.0 Å². The third-order valence-electron chi connectivity index (χ3n) is 7.06. The van der Waals surface area contributed by atoms with E-state index in [4.69, 9.17) is 9.84 Å². The first-order valence-electron chi connectivity index (χ1n) is 10.4. The first-order valence-corrected chi connectivity index (χ1v) is 10.4. The van der Waals surface area contributed by atoms with E-state index in [9.17, 15) is 0 Å². The summed E-state index contributed by atoms with van der Waals surface area (Å²) in [5.41, 5.74) is 5.35. The maximum atomic E-state index is 6.50. The standard InChI is InChI=1S/C25H28N2O/c1-17-13-14-19(25(17,2)3)15-24-27-22(20-11-7-8-12-23(20)28-24)16-21(26-27)18-9-5-4-6-10-18/h4-12,14,17,22,24H,13,15-16H2,1-3H3/t17-,22-,24+/m1/s1. The van der Waals surface area contributed by atoms with Crippen molar-refractivity contribution in [3.63, 3.8) is 0 Å². The van der Waals surface area contributed by atoms with E-state index in [-0.39, 0.29) is 17.7 Å². The minimum atomic E-state index is -0.0445. The zero-order valence-corrected chi connectivity index (χ0v) is 16.9. The smallest absolute Gasteiger partial charge is 0.191 e. The van der Waals surface area contributed by atoms with E-state index in [1.54, 1.807) is 0 Å². The van der Waals surface area contributed by atoms with Gasteiger partial charge in [-0.3, -0.25) is 0 Å². The second-order valence-electron chi connectivity index (χ2n) is 8.91. The van der Waals surface area contributed by atoms with Crippen molar-refractivity contribution in [2.75, 3.05) is 0 Å². The molecule has 0 saturated carbocycles. The van der Waals surface area contributed by atoms with Crippen LogP contribution >= 0.6 is 0 Å². The molecule has 3 heteroatoms. The minimum absolute atomic E-state index is 0.0445. The van der Waals surface area contributed by atoms with Crippen molar-refractivity contribution in [3.8, 4) is 5.75 Å². The fraction of sp³-hybridized carbons (Fsp3) is 0.400. The molecule has 2 aromatic carbocycles. The normalized spacial score (nSPS) is 27.5. The summed E-state index contributed by atoms with van der Waals surface area (Å²) >= 11 is 0. The maximum Gasteiger partial charge on any atom is 0.191 e. The number of hydrogen-bond donors (Lipinski definition) is 0. The fourth-order valence-corrected chi connectivity index (χ4v) is 4.78. The van der Waals surface area contributed by atoms with E-state index >= 15 is 0 Å². The second-order valence-corrected chi connectivity index (χ2v) is 8.91. The van der Waals surface area contributed by atoms with Crippen molar-refractivity contribution in [3.05, 3.63) is 77.4 Å². The van der Waals surface area contributed by atoms with E-state index < -0.39 is 0 Å². The molecular formula is C25H28N2O. The molecule has 144 valence electrons. The number of fused-ring (bicyclic) bond motifs is 3. The predicted molar refractivity (Wildman–Crippen MR) is 113 cm³/mol. The van der Waals surface area contributed by atoms with Crippen molar-refractivity contribution in [1.29, 1.82) is 0 Å². The molecule has 0 fully saturated rings. The van der Waals surface area contributed by atoms with Gasteiger partial charge in [0.05, 0.1) is 11.8 Å². The highest BCUT2D eigenvalue weighted by molar-refractivity contribution is 6.01. The molecular weight excluding hydrogens is 344 g/mol. The highest BCUT2D eigenvalue weighted by Crippen LogP contribution is 2.48. The van der Waals surface area contributed by atoms with Crippen LogP contribution in [0.25, 0.3) is 0 Å². The summed E-state index contributed by atoms with van der Waals surface area (Å²) in [4.78, 5) is 0. The molecule has 0 spiro atoms. The first-order chi connectivity index (χ1) is 13.5. The lowest BCUT2D eigenvalue weighted by Crippen LogP contribution is -2.41. The van der Waals surface area contributed by atoms with Gasteiger partial charge in [-0.05, 0) is 29.4 Å². The van der Waals surface area contributed by atoms with Gasteiger partial charge in [-0.2, -0.15) is 5.10 Å². The number of ether oxygens (including phenoxy) is 1. The van der Waals surface area contributed by atoms with Crippen molar-refractivity contribution < 1.29 is 4.74 Å². The Morgan fingerprint density at radius 2 is 1.82 bits per heavy atom. The van der Waals surface area contributed by atoms with Gasteiger partial charge >= 0.3 is 0 Å². The van der Waals surface area contributed by atoms with E-state index in [1.807, 2.05) is 0 Å². The van der Waals surface area contributed by atoms with E-state index in [2.05, 4.69) is 86.5 Å². The first kappa shape index (κ1) is 17.5. The number of rotatable bonds is 3. The Morgan fingerprint density at radius 1 is 1.07 bits per heavy atom. The number of para-hydroxylation sites is 1. The SMILES string of the molecule is C[C@@H]1CC=C(C[C@@H]2Oc3ccccc3[C@H]3CC(c4ccccc4)=NN23)C1(C)C. The molecule has 3 nitrogen and oxygen atoms in total. The average molecular weight is 373 g/mol. The molecule has 3 atom stereocenters. The molecule has 0 N–H and O–H groups in total. The highest BCUT2D eigenvalue weighted by Gasteiger charge is 2.43. The zero-order valence-electron chi connectivity index (χ0n) is 16.9. The lowest BCUT2D eigenvalue weighted by molar-refractivity contribution is -0.0188. The van der Waals surface area contributed by atoms with E-state index in [1.165, 1.54) is 16.7 Å². The average Bonchev–Trinajstić information content (AvgIpc) is 3.26. The quantitative estimate of drug-likeness (QED) is 0.623. The Balaban J connectivity index is 1.50. The van der Waals surface area contributed by atoms with Crippen LogP contribution in [0.2, 0.25) is 0 Å². The topological polar surface area (TPSA) is 24.8 Å². The lowest BCUT2D eigenvalue weighted by Gasteiger charge is -2.40. The van der Waals surface area contributed by atoms with Crippen LogP contribution in [0, 0.1) is 11.3 Å². The summed E-state index contributed by atoms with van der Waals surface area (Å²) in [5.74, 6) is 1.69. The minimum Gasteiger partial charge on any atom is -0.468 e. The molecule has 2 aliphatic heterocycles. The Kier molecular flexibility index (Phi) is 4.08. The Hall–Kier alpha value is -2.55. The Morgan fingerprint density at radius 3 is 2.57 bits per heavy atom. The molecule has 1 aliphatic carbocycles. The lowest BCUT2D eigenvalue weighted by atomic mass is 9.77. The largest absolute Gasteiger partial charge is 0.468 e. The van der Waals surface area contributed by atoms with Gasteiger partial charge in [0.2, 0.25) is 0 Å². The van der Waals surface area contributed by atoms with Gasteiger partial charge in [0.1, 0.15) is 5.75 Å². The van der Waals surface area contributed by atoms with Crippen LogP contribution in [-0.4, -0.2) is 16.9 Å². The van der Waals surface area contributed by atoms with Crippen LogP contribution in [0.15, 0.2) is 71.3 Å². The molecule has 0 radical (unpaired) electrons. The molecule has 0 amide bonds. The zero-order chi connectivity index (χ0) is 19.3. The Labute approximate surface area is 167 Å². The number of hydrazone groups is 1. The van der Waals surface area contributed by atoms with Crippen LogP contribution in [0.1, 0.15) is 57.2 Å². The number of hydrogen-bond acceptors (Lipinski definition) is 3. The molecule has 0 aromatic heterocycles. The molecule has 0 bridgehead atoms. The third kappa shape index (κ3) is 2.76. The molecule has 5 rings (SSSR count). The van der Waals surface area contributed by atoms with Gasteiger partial charge in [-0.15, -0.1) is 0 Å². The molecule has 28 heavy (non-hydrogen) atoms. The van der Waals surface area contributed by atoms with Gasteiger partial charge in [0.25, 0.3) is 0 Å². The van der Waals surface area contributed by atoms with E-state index in [0.29, 0.717) is 5.92 Å². The summed E-state index contributed by atoms with van der Waals surface area (Å²) in [6.45, 7) is 7.09. The summed E-state index contributed by atoms with van der Waals surface area (Å²) < 4.78 is 6.50. The van der Waals surface area contributed by atoms with Crippen molar-refractivity contribution in [1.82, 2.24) is 5.01 Å². The summed E-state index contributed by atoms with van der Waals surface area (Å²) in [6.07, 6.45) is 5.39. The fourth-order valence-electron chi connectivity index (χ4n) is 4.78. The van der Waals surface area contributed by atoms with E-state index in [0.717, 1.165) is 30.7 Å². The Bertz CT molecular complexity index is 944. The van der Waals surface area contributed by atoms with Crippen LogP contribution in [0.5, 0.6) is 5.75 Å². The van der Waals surface area contributed by atoms with Crippen molar-refractivity contribution >= 4 is 5.71 Å². The molecule has 2 aromatic rings. The number of nitrogens with zero attached hydrogens (tertiary/aromatic N) is 2. The summed E-state index contributed by atoms with van der Waals surface area (Å²) in [7, 11) is 0. The second kappa shape index (κ2) is 6.51. The van der Waals surface area contributed by atoms with Crippen molar-refractivity contribution in [2.45, 2.75) is 52.3 Å². The number of allylic oxidation sites excluding steroid dienone is 1. The molecule has 0 saturated heterocycles. The summed E-state index contributed by atoms with van der Waals surface area (Å²) in [6, 6.07) is 19.3. The number of benzene rings is 2. The third-order valence-corrected chi connectivity index (χ3v) is 7.06. The van der Waals surface area contributed by atoms with Crippen LogP contribution in [0.4, 0.5) is 0 Å². The van der Waals surface area contributed by atoms with Crippen LogP contribution in [0.3, 0.4) is 0 Å². The van der Waals surface area contributed by atoms with Gasteiger partial charge in [-0.25, -0.2) is 5.01 Å². The highest BCUT2D eigenvalue weighted by atomic mass is 16.5. The van der Waals surface area contributed by atoms with Gasteiger partial charge in [0.15, 0.2) is 6.23 Å². The van der Waals surface area contributed by atoms with Crippen LogP contribution in [-0.2, 0) is 0 Å². The van der Waals surface area contributed by atoms with Gasteiger partial charge < -0.3 is 4.74 Å². The maximum absolute atomic E-state index is 6.50. The molecule has 0 unspecified atom stereocenters. The summed E-state index contributed by atoms with van der Waals surface area (Å²) in [5, 5.41) is 7.29. The van der Waals surface area contributed by atoms with Gasteiger partial charge in [0, 0.05) is 18.4 Å². The molecule has 2 heterocycles.